The molecular formula is C15H18N4. The molecule has 19 heavy (non-hydrogen) atoms. The molecule has 1 aromatic carbocycles. The summed E-state index contributed by atoms with van der Waals surface area (Å²) in [5, 5.41) is 12.2. The molecule has 0 radical (unpaired) electrons. The monoisotopic (exact) mass is 254 g/mol. The van der Waals surface area contributed by atoms with Gasteiger partial charge in [-0.05, 0) is 43.4 Å². The molecule has 0 spiro atoms. The van der Waals surface area contributed by atoms with Gasteiger partial charge in [-0.15, -0.1) is 10.2 Å². The molecule has 0 bridgehead atoms. The number of aromatic nitrogens is 3. The van der Waals surface area contributed by atoms with E-state index >= 15 is 0 Å². The molecule has 4 rings (SSSR count). The zero-order valence-corrected chi connectivity index (χ0v) is 10.9. The lowest BCUT2D eigenvalue weighted by Crippen LogP contribution is -2.21. The van der Waals surface area contributed by atoms with E-state index in [1.807, 2.05) is 12.4 Å². The van der Waals surface area contributed by atoms with Crippen LogP contribution in [0.1, 0.15) is 31.1 Å². The third kappa shape index (κ3) is 1.78. The van der Waals surface area contributed by atoms with Crippen LogP contribution in [0.15, 0.2) is 36.7 Å². The molecule has 0 amide bonds. The first-order valence-corrected chi connectivity index (χ1v) is 7.12. The normalized spacial score (nSPS) is 29.6. The largest absolute Gasteiger partial charge is 0.307 e. The van der Waals surface area contributed by atoms with Crippen molar-refractivity contribution < 1.29 is 0 Å². The van der Waals surface area contributed by atoms with Gasteiger partial charge >= 0.3 is 0 Å². The minimum absolute atomic E-state index is 0.371. The second kappa shape index (κ2) is 4.46. The maximum atomic E-state index is 4.39. The summed E-state index contributed by atoms with van der Waals surface area (Å²) in [7, 11) is 0. The van der Waals surface area contributed by atoms with Crippen LogP contribution in [0.25, 0.3) is 5.69 Å². The Balaban J connectivity index is 1.71. The molecule has 3 atom stereocenters. The van der Waals surface area contributed by atoms with E-state index in [0.717, 1.165) is 29.9 Å². The highest BCUT2D eigenvalue weighted by atomic mass is 15.3. The Kier molecular flexibility index (Phi) is 2.62. The van der Waals surface area contributed by atoms with Gasteiger partial charge in [-0.25, -0.2) is 0 Å². The summed E-state index contributed by atoms with van der Waals surface area (Å²) in [6.07, 6.45) is 5.89. The van der Waals surface area contributed by atoms with E-state index in [9.17, 15) is 0 Å². The van der Waals surface area contributed by atoms with Crippen LogP contribution in [0.5, 0.6) is 0 Å². The predicted octanol–water partition coefficient (Wildman–Crippen LogP) is 2.33. The number of benzene rings is 1. The lowest BCUT2D eigenvalue weighted by molar-refractivity contribution is 0.404. The molecule has 1 saturated carbocycles. The maximum absolute atomic E-state index is 4.39. The quantitative estimate of drug-likeness (QED) is 0.894. The molecule has 2 aliphatic rings. The second-order valence-corrected chi connectivity index (χ2v) is 5.64. The second-order valence-electron chi connectivity index (χ2n) is 5.64. The van der Waals surface area contributed by atoms with Crippen LogP contribution >= 0.6 is 0 Å². The zero-order valence-electron chi connectivity index (χ0n) is 10.9. The van der Waals surface area contributed by atoms with Crippen LogP contribution in [0, 0.1) is 11.8 Å². The van der Waals surface area contributed by atoms with Crippen LogP contribution in [0.2, 0.25) is 0 Å². The summed E-state index contributed by atoms with van der Waals surface area (Å²) >= 11 is 0. The molecule has 4 nitrogen and oxygen atoms in total. The van der Waals surface area contributed by atoms with Crippen LogP contribution in [0.3, 0.4) is 0 Å². The maximum Gasteiger partial charge on any atom is 0.154 e. The van der Waals surface area contributed by atoms with E-state index in [2.05, 4.69) is 44.3 Å². The Hall–Kier alpha value is -1.68. The number of hydrogen-bond acceptors (Lipinski definition) is 3. The molecule has 98 valence electrons. The fraction of sp³-hybridized carbons (Fsp3) is 0.467. The van der Waals surface area contributed by atoms with Crippen molar-refractivity contribution in [1.29, 1.82) is 0 Å². The lowest BCUT2D eigenvalue weighted by atomic mass is 9.93. The molecule has 2 fully saturated rings. The van der Waals surface area contributed by atoms with E-state index < -0.39 is 0 Å². The number of hydrogen-bond donors (Lipinski definition) is 1. The van der Waals surface area contributed by atoms with Gasteiger partial charge in [0.1, 0.15) is 6.33 Å². The first-order valence-electron chi connectivity index (χ1n) is 7.12. The minimum atomic E-state index is 0.371. The zero-order chi connectivity index (χ0) is 12.7. The average Bonchev–Trinajstić information content (AvgIpc) is 3.15. The van der Waals surface area contributed by atoms with Gasteiger partial charge < -0.3 is 5.32 Å². The highest BCUT2D eigenvalue weighted by Gasteiger charge is 2.41. The van der Waals surface area contributed by atoms with Gasteiger partial charge in [-0.1, -0.05) is 24.6 Å². The van der Waals surface area contributed by atoms with Gasteiger partial charge in [0.25, 0.3) is 0 Å². The van der Waals surface area contributed by atoms with Gasteiger partial charge in [0.2, 0.25) is 0 Å². The van der Waals surface area contributed by atoms with E-state index in [4.69, 9.17) is 0 Å². The summed E-state index contributed by atoms with van der Waals surface area (Å²) in [4.78, 5) is 0. The number of fused-ring (bicyclic) bond motifs is 1. The number of rotatable bonds is 2. The van der Waals surface area contributed by atoms with Crippen molar-refractivity contribution in [2.24, 2.45) is 11.8 Å². The summed E-state index contributed by atoms with van der Waals surface area (Å²) in [5.41, 5.74) is 1.14. The topological polar surface area (TPSA) is 42.7 Å². The Morgan fingerprint density at radius 1 is 1.16 bits per heavy atom. The molecule has 2 aromatic rings. The highest BCUT2D eigenvalue weighted by Crippen LogP contribution is 2.43. The molecule has 1 aromatic heterocycles. The van der Waals surface area contributed by atoms with Gasteiger partial charge in [0.05, 0.1) is 6.04 Å². The lowest BCUT2D eigenvalue weighted by Gasteiger charge is -2.18. The van der Waals surface area contributed by atoms with Crippen LogP contribution in [0.4, 0.5) is 0 Å². The smallest absolute Gasteiger partial charge is 0.154 e. The summed E-state index contributed by atoms with van der Waals surface area (Å²) in [5.74, 6) is 2.65. The van der Waals surface area contributed by atoms with Crippen LogP contribution in [-0.2, 0) is 0 Å². The molecule has 1 saturated heterocycles. The Bertz CT molecular complexity index is 563. The van der Waals surface area contributed by atoms with E-state index in [1.165, 1.54) is 19.3 Å². The SMILES string of the molecule is c1ccc(-n2cnnc2C2NCC3CCCC32)cc1. The minimum Gasteiger partial charge on any atom is -0.307 e. The Morgan fingerprint density at radius 3 is 2.95 bits per heavy atom. The standard InChI is InChI=1S/C15H18N4/c1-2-6-12(7-3-1)19-10-17-18-15(19)14-13-8-4-5-11(13)9-16-14/h1-3,6-7,10-11,13-14,16H,4-5,8-9H2. The molecule has 3 unspecified atom stereocenters. The van der Waals surface area contributed by atoms with Gasteiger partial charge in [-0.2, -0.15) is 0 Å². The van der Waals surface area contributed by atoms with E-state index in [1.54, 1.807) is 0 Å². The third-order valence-electron chi connectivity index (χ3n) is 4.63. The number of nitrogens with one attached hydrogen (secondary N) is 1. The highest BCUT2D eigenvalue weighted by molar-refractivity contribution is 5.33. The molecular weight excluding hydrogens is 236 g/mol. The van der Waals surface area contributed by atoms with Crippen molar-refractivity contribution in [2.45, 2.75) is 25.3 Å². The molecule has 4 heteroatoms. The summed E-state index contributed by atoms with van der Waals surface area (Å²) in [6.45, 7) is 1.14. The Morgan fingerprint density at radius 2 is 2.05 bits per heavy atom. The van der Waals surface area contributed by atoms with Crippen LogP contribution in [-0.4, -0.2) is 21.3 Å². The van der Waals surface area contributed by atoms with Gasteiger partial charge in [0.15, 0.2) is 5.82 Å². The fourth-order valence-electron chi connectivity index (χ4n) is 3.71. The first-order chi connectivity index (χ1) is 9.43. The number of para-hydroxylation sites is 1. The van der Waals surface area contributed by atoms with Crippen molar-refractivity contribution in [3.05, 3.63) is 42.5 Å². The fourth-order valence-corrected chi connectivity index (χ4v) is 3.71. The average molecular weight is 254 g/mol. The van der Waals surface area contributed by atoms with E-state index in [0.29, 0.717) is 6.04 Å². The number of nitrogens with zero attached hydrogens (tertiary/aromatic N) is 3. The van der Waals surface area contributed by atoms with Crippen LogP contribution < -0.4 is 5.32 Å². The van der Waals surface area contributed by atoms with E-state index in [-0.39, 0.29) is 0 Å². The van der Waals surface area contributed by atoms with Crippen molar-refractivity contribution in [3.63, 3.8) is 0 Å². The van der Waals surface area contributed by atoms with Crippen molar-refractivity contribution >= 4 is 0 Å². The molecule has 2 heterocycles. The first kappa shape index (κ1) is 11.2. The van der Waals surface area contributed by atoms with Crippen molar-refractivity contribution in [2.75, 3.05) is 6.54 Å². The third-order valence-corrected chi connectivity index (χ3v) is 4.63. The van der Waals surface area contributed by atoms with Gasteiger partial charge in [0, 0.05) is 5.69 Å². The molecule has 1 aliphatic carbocycles. The molecule has 1 N–H and O–H groups in total. The summed E-state index contributed by atoms with van der Waals surface area (Å²) < 4.78 is 2.12. The van der Waals surface area contributed by atoms with Gasteiger partial charge in [-0.3, -0.25) is 4.57 Å². The molecule has 1 aliphatic heterocycles. The Labute approximate surface area is 112 Å². The van der Waals surface area contributed by atoms with Crippen molar-refractivity contribution in [1.82, 2.24) is 20.1 Å². The van der Waals surface area contributed by atoms with Crippen molar-refractivity contribution in [3.8, 4) is 5.69 Å². The predicted molar refractivity (Wildman–Crippen MR) is 72.9 cm³/mol. The summed E-state index contributed by atoms with van der Waals surface area (Å²) in [6, 6.07) is 10.7.